The van der Waals surface area contributed by atoms with Crippen molar-refractivity contribution in [2.24, 2.45) is 0 Å². The molecule has 13 nitrogen and oxygen atoms in total. The van der Waals surface area contributed by atoms with Gasteiger partial charge in [0.25, 0.3) is 11.8 Å². The molecule has 278 valence electrons. The molecule has 0 aromatic heterocycles. The summed E-state index contributed by atoms with van der Waals surface area (Å²) in [7, 11) is 0. The second kappa shape index (κ2) is 22.2. The van der Waals surface area contributed by atoms with E-state index in [1.807, 2.05) is 74.5 Å². The Kier molecular flexibility index (Phi) is 18.1. The number of hydroxylamine groups is 4. The van der Waals surface area contributed by atoms with Crippen molar-refractivity contribution < 1.29 is 46.9 Å². The van der Waals surface area contributed by atoms with E-state index in [0.717, 1.165) is 30.4 Å². The number of alkyl halides is 3. The molecule has 2 aliphatic rings. The molecule has 2 fully saturated rings. The highest BCUT2D eigenvalue weighted by Gasteiger charge is 2.48. The van der Waals surface area contributed by atoms with Crippen molar-refractivity contribution in [2.45, 2.75) is 95.9 Å². The number of hydrogen-bond donors (Lipinski definition) is 5. The molecule has 4 rings (SSSR count). The van der Waals surface area contributed by atoms with Gasteiger partial charge in [-0.3, -0.25) is 33.7 Å². The van der Waals surface area contributed by atoms with Crippen LogP contribution in [-0.4, -0.2) is 79.3 Å². The number of carbonyl (C=O) groups excluding carboxylic acids is 3. The Morgan fingerprint density at radius 2 is 1.26 bits per heavy atom. The van der Waals surface area contributed by atoms with Gasteiger partial charge in [-0.15, -0.1) is 0 Å². The van der Waals surface area contributed by atoms with Crippen LogP contribution in [0, 0.1) is 0 Å². The second-order valence-electron chi connectivity index (χ2n) is 11.9. The van der Waals surface area contributed by atoms with Crippen LogP contribution in [0.1, 0.15) is 63.5 Å². The second-order valence-corrected chi connectivity index (χ2v) is 11.9. The smallest absolute Gasteiger partial charge is 0.321 e. The number of amides is 3. The van der Waals surface area contributed by atoms with Crippen molar-refractivity contribution in [3.05, 3.63) is 71.8 Å². The van der Waals surface area contributed by atoms with Crippen LogP contribution in [0.5, 0.6) is 0 Å². The first-order valence-electron chi connectivity index (χ1n) is 16.9. The van der Waals surface area contributed by atoms with Gasteiger partial charge in [0.2, 0.25) is 0 Å². The summed E-state index contributed by atoms with van der Waals surface area (Å²) in [6, 6.07) is 17.5. The van der Waals surface area contributed by atoms with E-state index in [9.17, 15) is 27.6 Å². The largest absolute Gasteiger partial charge is 0.471 e. The Hall–Kier alpha value is -3.64. The average molecular weight is 711 g/mol. The summed E-state index contributed by atoms with van der Waals surface area (Å²) in [5.41, 5.74) is 12.4. The minimum absolute atomic E-state index is 0.0511. The number of rotatable bonds is 16. The molecule has 0 saturated carbocycles. The van der Waals surface area contributed by atoms with Gasteiger partial charge in [-0.25, -0.2) is 11.0 Å². The predicted octanol–water partition coefficient (Wildman–Crippen LogP) is 3.37. The van der Waals surface area contributed by atoms with Crippen LogP contribution < -0.4 is 27.2 Å². The molecule has 16 heteroatoms. The molecular weight excluding hydrogens is 661 g/mol. The molecule has 0 spiro atoms. The van der Waals surface area contributed by atoms with Crippen LogP contribution in [0.25, 0.3) is 0 Å². The summed E-state index contributed by atoms with van der Waals surface area (Å²) in [6.45, 7) is 5.72. The Balaban J connectivity index is 0.000000278. The third kappa shape index (κ3) is 14.7. The monoisotopic (exact) mass is 710 g/mol. The molecule has 3 amide bonds. The molecule has 0 bridgehead atoms. The topological polar surface area (TPSA) is 152 Å². The standard InChI is InChI=1S/C18H24F3N3O4.C16H25N3O3/c1-2-10-27-23-16(25)15-9-8-14(11-24(15)17(26)18(19,20)21)22-28-12-13-6-4-3-5-7-13;1-2-10-21-19-16(20)15-9-8-14(11-17-15)18-22-12-13-6-4-3-5-7-13/h3-7,14-15,22H,2,8-12H2,1H3,(H,23,25);3-7,14-15,17-18H,2,8-12H2,1H3,(H,19,20)/t2*14-,15+/m11/s1. The Morgan fingerprint density at radius 1 is 0.740 bits per heavy atom. The number of hydrogen-bond acceptors (Lipinski definition) is 10. The van der Waals surface area contributed by atoms with E-state index >= 15 is 0 Å². The zero-order valence-electron chi connectivity index (χ0n) is 28.5. The lowest BCUT2D eigenvalue weighted by atomic mass is 9.98. The van der Waals surface area contributed by atoms with Gasteiger partial charge in [0.1, 0.15) is 6.04 Å². The quantitative estimate of drug-likeness (QED) is 0.130. The van der Waals surface area contributed by atoms with Gasteiger partial charge >= 0.3 is 12.1 Å². The fraction of sp³-hybridized carbons (Fsp3) is 0.559. The molecule has 0 unspecified atom stereocenters. The van der Waals surface area contributed by atoms with Crippen molar-refractivity contribution in [2.75, 3.05) is 26.3 Å². The maximum Gasteiger partial charge on any atom is 0.471 e. The van der Waals surface area contributed by atoms with Crippen LogP contribution in [0.15, 0.2) is 60.7 Å². The fourth-order valence-corrected chi connectivity index (χ4v) is 5.13. The highest BCUT2D eigenvalue weighted by atomic mass is 19.4. The maximum atomic E-state index is 13.0. The molecule has 2 saturated heterocycles. The number of benzene rings is 2. The molecule has 0 radical (unpaired) electrons. The van der Waals surface area contributed by atoms with Crippen molar-refractivity contribution in [1.82, 2.24) is 32.1 Å². The minimum atomic E-state index is -5.07. The van der Waals surface area contributed by atoms with Crippen molar-refractivity contribution in [1.29, 1.82) is 0 Å². The summed E-state index contributed by atoms with van der Waals surface area (Å²) in [5, 5.41) is 3.21. The van der Waals surface area contributed by atoms with Crippen molar-refractivity contribution in [3.63, 3.8) is 0 Å². The van der Waals surface area contributed by atoms with Gasteiger partial charge in [0, 0.05) is 25.2 Å². The summed E-state index contributed by atoms with van der Waals surface area (Å²) in [5.74, 6) is -2.93. The molecule has 5 N–H and O–H groups in total. The van der Waals surface area contributed by atoms with E-state index in [-0.39, 0.29) is 44.2 Å². The molecule has 50 heavy (non-hydrogen) atoms. The molecule has 4 atom stereocenters. The van der Waals surface area contributed by atoms with Gasteiger partial charge in [-0.2, -0.15) is 24.1 Å². The third-order valence-corrected chi connectivity index (χ3v) is 7.74. The Labute approximate surface area is 290 Å². The average Bonchev–Trinajstić information content (AvgIpc) is 3.12. The van der Waals surface area contributed by atoms with Crippen LogP contribution in [0.2, 0.25) is 0 Å². The highest BCUT2D eigenvalue weighted by molar-refractivity contribution is 5.89. The highest BCUT2D eigenvalue weighted by Crippen LogP contribution is 2.26. The van der Waals surface area contributed by atoms with Gasteiger partial charge in [-0.1, -0.05) is 74.5 Å². The lowest BCUT2D eigenvalue weighted by Crippen LogP contribution is -2.60. The van der Waals surface area contributed by atoms with Gasteiger partial charge in [0.05, 0.1) is 32.5 Å². The van der Waals surface area contributed by atoms with E-state index < -0.39 is 30.1 Å². The Morgan fingerprint density at radius 3 is 1.76 bits per heavy atom. The zero-order chi connectivity index (χ0) is 36.2. The van der Waals surface area contributed by atoms with Crippen LogP contribution >= 0.6 is 0 Å². The maximum absolute atomic E-state index is 13.0. The van der Waals surface area contributed by atoms with E-state index in [4.69, 9.17) is 19.4 Å². The molecule has 2 aromatic rings. The van der Waals surface area contributed by atoms with Gasteiger partial charge < -0.3 is 10.2 Å². The predicted molar refractivity (Wildman–Crippen MR) is 177 cm³/mol. The number of nitrogens with one attached hydrogen (secondary N) is 5. The molecular formula is C34H49F3N6O7. The summed E-state index contributed by atoms with van der Waals surface area (Å²) < 4.78 is 38.9. The fourth-order valence-electron chi connectivity index (χ4n) is 5.13. The van der Waals surface area contributed by atoms with E-state index in [2.05, 4.69) is 27.2 Å². The van der Waals surface area contributed by atoms with Gasteiger partial charge in [0.15, 0.2) is 0 Å². The van der Waals surface area contributed by atoms with Crippen LogP contribution in [0.4, 0.5) is 13.2 Å². The molecule has 0 aliphatic carbocycles. The normalized spacial score (nSPS) is 20.7. The molecule has 2 aromatic carbocycles. The number of likely N-dealkylation sites (tertiary alicyclic amines) is 1. The Bertz CT molecular complexity index is 1270. The van der Waals surface area contributed by atoms with Crippen molar-refractivity contribution >= 4 is 17.7 Å². The molecule has 2 heterocycles. The summed E-state index contributed by atoms with van der Waals surface area (Å²) >= 11 is 0. The lowest BCUT2D eigenvalue weighted by molar-refractivity contribution is -0.192. The van der Waals surface area contributed by atoms with Gasteiger partial charge in [-0.05, 0) is 49.7 Å². The van der Waals surface area contributed by atoms with Crippen LogP contribution in [0.3, 0.4) is 0 Å². The number of piperidine rings is 2. The zero-order valence-corrected chi connectivity index (χ0v) is 28.5. The molecule has 2 aliphatic heterocycles. The van der Waals surface area contributed by atoms with Crippen LogP contribution in [-0.2, 0) is 46.9 Å². The van der Waals surface area contributed by atoms with Crippen molar-refractivity contribution in [3.8, 4) is 0 Å². The number of carbonyl (C=O) groups is 3. The van der Waals surface area contributed by atoms with E-state index in [0.29, 0.717) is 37.5 Å². The summed E-state index contributed by atoms with van der Waals surface area (Å²) in [4.78, 5) is 57.2. The first-order chi connectivity index (χ1) is 24.1. The lowest BCUT2D eigenvalue weighted by Gasteiger charge is -2.38. The number of nitrogens with zero attached hydrogens (tertiary/aromatic N) is 1. The van der Waals surface area contributed by atoms with E-state index in [1.54, 1.807) is 0 Å². The van der Waals surface area contributed by atoms with E-state index in [1.165, 1.54) is 0 Å². The third-order valence-electron chi connectivity index (χ3n) is 7.74. The first kappa shape index (κ1) is 40.8. The summed E-state index contributed by atoms with van der Waals surface area (Å²) in [6.07, 6.45) is -1.52. The number of halogens is 3. The first-order valence-corrected chi connectivity index (χ1v) is 16.9. The SMILES string of the molecule is CCCONC(=O)[C@@H]1CC[C@@H](NOCc2ccccc2)CN1.CCCONC(=O)[C@@H]1CC[C@@H](NOCc2ccccc2)CN1C(=O)C(F)(F)F. The minimum Gasteiger partial charge on any atom is -0.321 e.